The number of hydrogen-bond acceptors (Lipinski definition) is 4. The number of rotatable bonds is 3. The van der Waals surface area contributed by atoms with Crippen LogP contribution in [0.1, 0.15) is 0 Å². The lowest BCUT2D eigenvalue weighted by Crippen LogP contribution is -2.13. The number of benzene rings is 1. The summed E-state index contributed by atoms with van der Waals surface area (Å²) in [5.74, 6) is 0.241. The van der Waals surface area contributed by atoms with Gasteiger partial charge in [0.2, 0.25) is 0 Å². The number of nitrogens with two attached hydrogens (primary N) is 1. The predicted molar refractivity (Wildman–Crippen MR) is 75.9 cm³/mol. The number of hydrogen-bond donors (Lipinski definition) is 2. The number of nitrogen functional groups attached to an aromatic ring is 1. The Morgan fingerprint density at radius 1 is 1.11 bits per heavy atom. The van der Waals surface area contributed by atoms with Crippen LogP contribution in [-0.4, -0.2) is 13.4 Å². The topological polar surface area (TPSA) is 85.1 Å². The Balaban J connectivity index is 2.33. The van der Waals surface area contributed by atoms with Gasteiger partial charge >= 0.3 is 0 Å². The van der Waals surface area contributed by atoms with Crippen LogP contribution in [0.5, 0.6) is 0 Å². The van der Waals surface area contributed by atoms with Crippen LogP contribution >= 0.6 is 23.2 Å². The average molecular weight is 318 g/mol. The molecule has 1 heterocycles. The molecule has 2 aromatic rings. The van der Waals surface area contributed by atoms with Crippen LogP contribution in [0.2, 0.25) is 10.0 Å². The minimum absolute atomic E-state index is 0.00204. The van der Waals surface area contributed by atoms with Crippen molar-refractivity contribution in [1.29, 1.82) is 0 Å². The molecule has 0 saturated carbocycles. The molecule has 0 spiro atoms. The highest BCUT2D eigenvalue weighted by Gasteiger charge is 2.15. The number of sulfonamides is 1. The first-order valence-corrected chi connectivity index (χ1v) is 7.31. The van der Waals surface area contributed by atoms with Gasteiger partial charge in [0.1, 0.15) is 10.7 Å². The van der Waals surface area contributed by atoms with Gasteiger partial charge in [-0.2, -0.15) is 0 Å². The fraction of sp³-hybridized carbons (Fsp3) is 0. The van der Waals surface area contributed by atoms with Crippen molar-refractivity contribution in [3.05, 3.63) is 46.6 Å². The summed E-state index contributed by atoms with van der Waals surface area (Å²) in [6.07, 6.45) is 1.17. The zero-order valence-corrected chi connectivity index (χ0v) is 11.8. The van der Waals surface area contributed by atoms with Gasteiger partial charge in [0.25, 0.3) is 10.0 Å². The Kier molecular flexibility index (Phi) is 3.84. The summed E-state index contributed by atoms with van der Waals surface area (Å²) in [4.78, 5) is 3.73. The van der Waals surface area contributed by atoms with Crippen LogP contribution in [0.4, 0.5) is 11.5 Å². The molecule has 1 aromatic heterocycles. The smallest absolute Gasteiger partial charge is 0.263 e. The molecule has 19 heavy (non-hydrogen) atoms. The van der Waals surface area contributed by atoms with E-state index in [9.17, 15) is 8.42 Å². The molecule has 0 atom stereocenters. The van der Waals surface area contributed by atoms with Gasteiger partial charge in [-0.1, -0.05) is 23.2 Å². The molecule has 5 nitrogen and oxygen atoms in total. The summed E-state index contributed by atoms with van der Waals surface area (Å²) in [5.41, 5.74) is 5.67. The molecule has 0 unspecified atom stereocenters. The first-order valence-electron chi connectivity index (χ1n) is 5.07. The molecular formula is C11H9Cl2N3O2S. The van der Waals surface area contributed by atoms with E-state index >= 15 is 0 Å². The number of nitrogens with one attached hydrogen (secondary N) is 1. The molecule has 0 aliphatic carbocycles. The van der Waals surface area contributed by atoms with E-state index in [1.54, 1.807) is 0 Å². The molecule has 0 amide bonds. The first-order chi connectivity index (χ1) is 8.87. The van der Waals surface area contributed by atoms with Crippen molar-refractivity contribution >= 4 is 44.7 Å². The zero-order valence-electron chi connectivity index (χ0n) is 9.47. The number of pyridine rings is 1. The molecule has 100 valence electrons. The van der Waals surface area contributed by atoms with Crippen molar-refractivity contribution < 1.29 is 8.42 Å². The molecule has 0 radical (unpaired) electrons. The Morgan fingerprint density at radius 2 is 1.74 bits per heavy atom. The van der Waals surface area contributed by atoms with E-state index < -0.39 is 10.0 Å². The number of aromatic nitrogens is 1. The molecular weight excluding hydrogens is 309 g/mol. The fourth-order valence-corrected chi connectivity index (χ4v) is 2.89. The third-order valence-corrected chi connectivity index (χ3v) is 3.99. The zero-order chi connectivity index (χ0) is 14.0. The van der Waals surface area contributed by atoms with Gasteiger partial charge < -0.3 is 5.73 Å². The summed E-state index contributed by atoms with van der Waals surface area (Å²) < 4.78 is 26.5. The van der Waals surface area contributed by atoms with E-state index in [1.165, 1.54) is 36.5 Å². The monoisotopic (exact) mass is 317 g/mol. The van der Waals surface area contributed by atoms with Gasteiger partial charge in [-0.05, 0) is 30.3 Å². The maximum atomic E-state index is 12.1. The lowest BCUT2D eigenvalue weighted by Gasteiger charge is -2.08. The SMILES string of the molecule is Nc1ccc(S(=O)(=O)Nc2cc(Cl)cc(Cl)c2)cn1. The largest absolute Gasteiger partial charge is 0.384 e. The molecule has 0 fully saturated rings. The van der Waals surface area contributed by atoms with Gasteiger partial charge in [0, 0.05) is 16.2 Å². The molecule has 0 saturated heterocycles. The van der Waals surface area contributed by atoms with Crippen LogP contribution in [0.15, 0.2) is 41.4 Å². The van der Waals surface area contributed by atoms with Crippen LogP contribution in [0, 0.1) is 0 Å². The molecule has 8 heteroatoms. The summed E-state index contributed by atoms with van der Waals surface area (Å²) in [6, 6.07) is 7.17. The predicted octanol–water partition coefficient (Wildman–Crippen LogP) is 2.77. The van der Waals surface area contributed by atoms with Crippen LogP contribution < -0.4 is 10.5 Å². The van der Waals surface area contributed by atoms with E-state index in [1.807, 2.05) is 0 Å². The van der Waals surface area contributed by atoms with E-state index in [2.05, 4.69) is 9.71 Å². The molecule has 0 aliphatic heterocycles. The highest BCUT2D eigenvalue weighted by atomic mass is 35.5. The number of anilines is 2. The quantitative estimate of drug-likeness (QED) is 0.911. The molecule has 2 rings (SSSR count). The lowest BCUT2D eigenvalue weighted by atomic mass is 10.3. The normalized spacial score (nSPS) is 11.3. The van der Waals surface area contributed by atoms with Gasteiger partial charge in [0.15, 0.2) is 0 Å². The average Bonchev–Trinajstić information content (AvgIpc) is 2.27. The fourth-order valence-electron chi connectivity index (χ4n) is 1.38. The molecule has 3 N–H and O–H groups in total. The third-order valence-electron chi connectivity index (χ3n) is 2.18. The van der Waals surface area contributed by atoms with Crippen molar-refractivity contribution in [2.75, 3.05) is 10.5 Å². The van der Waals surface area contributed by atoms with E-state index in [0.29, 0.717) is 10.0 Å². The van der Waals surface area contributed by atoms with Crippen molar-refractivity contribution in [2.45, 2.75) is 4.90 Å². The maximum Gasteiger partial charge on any atom is 0.263 e. The highest BCUT2D eigenvalue weighted by Crippen LogP contribution is 2.24. The van der Waals surface area contributed by atoms with E-state index in [-0.39, 0.29) is 16.4 Å². The van der Waals surface area contributed by atoms with E-state index in [4.69, 9.17) is 28.9 Å². The summed E-state index contributed by atoms with van der Waals surface area (Å²) in [5, 5.41) is 0.668. The lowest BCUT2D eigenvalue weighted by molar-refractivity contribution is 0.601. The standard InChI is InChI=1S/C11H9Cl2N3O2S/c12-7-3-8(13)5-9(4-7)16-19(17,18)10-1-2-11(14)15-6-10/h1-6,16H,(H2,14,15). The second-order valence-corrected chi connectivity index (χ2v) is 6.24. The summed E-state index contributed by atoms with van der Waals surface area (Å²) in [6.45, 7) is 0. The molecule has 0 bridgehead atoms. The van der Waals surface area contributed by atoms with Gasteiger partial charge in [-0.15, -0.1) is 0 Å². The number of nitrogens with zero attached hydrogens (tertiary/aromatic N) is 1. The van der Waals surface area contributed by atoms with E-state index in [0.717, 1.165) is 0 Å². The minimum Gasteiger partial charge on any atom is -0.384 e. The number of halogens is 2. The van der Waals surface area contributed by atoms with Crippen LogP contribution in [0.25, 0.3) is 0 Å². The molecule has 0 aliphatic rings. The van der Waals surface area contributed by atoms with Crippen molar-refractivity contribution in [3.63, 3.8) is 0 Å². The second-order valence-electron chi connectivity index (χ2n) is 3.68. The minimum atomic E-state index is -3.75. The third kappa shape index (κ3) is 3.50. The van der Waals surface area contributed by atoms with Crippen molar-refractivity contribution in [2.24, 2.45) is 0 Å². The van der Waals surface area contributed by atoms with Crippen molar-refractivity contribution in [3.8, 4) is 0 Å². The van der Waals surface area contributed by atoms with Crippen molar-refractivity contribution in [1.82, 2.24) is 4.98 Å². The Morgan fingerprint density at radius 3 is 2.26 bits per heavy atom. The Hall–Kier alpha value is -1.50. The Bertz CT molecular complexity index is 682. The maximum absolute atomic E-state index is 12.1. The van der Waals surface area contributed by atoms with Gasteiger partial charge in [0.05, 0.1) is 5.69 Å². The second kappa shape index (κ2) is 5.24. The summed E-state index contributed by atoms with van der Waals surface area (Å²) >= 11 is 11.6. The van der Waals surface area contributed by atoms with Gasteiger partial charge in [-0.3, -0.25) is 4.72 Å². The van der Waals surface area contributed by atoms with Crippen LogP contribution in [0.3, 0.4) is 0 Å². The van der Waals surface area contributed by atoms with Crippen LogP contribution in [-0.2, 0) is 10.0 Å². The summed E-state index contributed by atoms with van der Waals surface area (Å²) in [7, 11) is -3.75. The highest BCUT2D eigenvalue weighted by molar-refractivity contribution is 7.92. The molecule has 1 aromatic carbocycles. The Labute approximate surface area is 120 Å². The van der Waals surface area contributed by atoms with Gasteiger partial charge in [-0.25, -0.2) is 13.4 Å². The first kappa shape index (κ1) is 13.9.